The Morgan fingerprint density at radius 1 is 1.46 bits per heavy atom. The van der Waals surface area contributed by atoms with Crippen molar-refractivity contribution < 1.29 is 4.43 Å². The second kappa shape index (κ2) is 5.65. The van der Waals surface area contributed by atoms with E-state index in [0.717, 1.165) is 0 Å². The van der Waals surface area contributed by atoms with Crippen LogP contribution in [0.1, 0.15) is 20.8 Å². The highest BCUT2D eigenvalue weighted by atomic mass is 32.1. The van der Waals surface area contributed by atoms with Gasteiger partial charge in [-0.05, 0) is 30.7 Å². The second-order valence-corrected chi connectivity index (χ2v) is 7.02. The molecule has 1 atom stereocenters. The lowest BCUT2D eigenvalue weighted by Crippen LogP contribution is -2.35. The quantitative estimate of drug-likeness (QED) is 0.410. The lowest BCUT2D eigenvalue weighted by atomic mass is 9.89. The Morgan fingerprint density at radius 2 is 2.00 bits per heavy atom. The zero-order valence-electron chi connectivity index (χ0n) is 9.13. The lowest BCUT2D eigenvalue weighted by Gasteiger charge is -2.31. The molecule has 0 rings (SSSR count). The molecule has 0 aliphatic heterocycles. The highest BCUT2D eigenvalue weighted by Crippen LogP contribution is 2.23. The van der Waals surface area contributed by atoms with Crippen LogP contribution in [-0.4, -0.2) is 26.9 Å². The summed E-state index contributed by atoms with van der Waals surface area (Å²) in [6.07, 6.45) is 0.176. The summed E-state index contributed by atoms with van der Waals surface area (Å²) in [7, 11) is -0.993. The third kappa shape index (κ3) is 6.10. The molecular weight excluding hydrogens is 198 g/mol. The molecule has 0 saturated heterocycles. The number of hydrogen-bond donors (Lipinski definition) is 0. The van der Waals surface area contributed by atoms with Crippen LogP contribution < -0.4 is 0 Å². The molecule has 1 unspecified atom stereocenters. The summed E-state index contributed by atoms with van der Waals surface area (Å²) in [5, 5.41) is 2.39. The first-order chi connectivity index (χ1) is 5.88. The Kier molecular flexibility index (Phi) is 5.64. The van der Waals surface area contributed by atoms with Crippen molar-refractivity contribution in [1.82, 2.24) is 0 Å². The van der Waals surface area contributed by atoms with E-state index in [9.17, 15) is 0 Å². The summed E-state index contributed by atoms with van der Waals surface area (Å²) in [6, 6.07) is 0. The summed E-state index contributed by atoms with van der Waals surface area (Å²) in [6.45, 7) is 11.5. The van der Waals surface area contributed by atoms with Gasteiger partial charge in [-0.25, -0.2) is 4.99 Å². The minimum absolute atomic E-state index is 0.132. The van der Waals surface area contributed by atoms with Crippen LogP contribution >= 0.6 is 12.2 Å². The number of hydrogen-bond acceptors (Lipinski definition) is 3. The van der Waals surface area contributed by atoms with Crippen LogP contribution in [0.25, 0.3) is 0 Å². The van der Waals surface area contributed by atoms with Crippen molar-refractivity contribution in [1.29, 1.82) is 0 Å². The van der Waals surface area contributed by atoms with Gasteiger partial charge in [-0.2, -0.15) is 0 Å². The first kappa shape index (κ1) is 13.0. The molecule has 0 saturated carbocycles. The topological polar surface area (TPSA) is 21.6 Å². The van der Waals surface area contributed by atoms with Crippen LogP contribution in [0.4, 0.5) is 0 Å². The third-order valence-corrected chi connectivity index (χ3v) is 2.73. The van der Waals surface area contributed by atoms with Gasteiger partial charge in [-0.15, -0.1) is 0 Å². The molecule has 0 aromatic carbocycles. The Bertz CT molecular complexity index is 194. The van der Waals surface area contributed by atoms with Gasteiger partial charge in [0, 0.05) is 0 Å². The van der Waals surface area contributed by atoms with Gasteiger partial charge < -0.3 is 4.43 Å². The van der Waals surface area contributed by atoms with Crippen molar-refractivity contribution in [3.63, 3.8) is 0 Å². The van der Waals surface area contributed by atoms with Gasteiger partial charge in [0.25, 0.3) is 0 Å². The van der Waals surface area contributed by atoms with Crippen molar-refractivity contribution in [2.75, 3.05) is 6.54 Å². The summed E-state index contributed by atoms with van der Waals surface area (Å²) in [5.74, 6) is 0. The molecule has 0 spiro atoms. The molecule has 0 bridgehead atoms. The van der Waals surface area contributed by atoms with Crippen molar-refractivity contribution in [2.24, 2.45) is 10.4 Å². The first-order valence-electron chi connectivity index (χ1n) is 4.57. The van der Waals surface area contributed by atoms with Gasteiger partial charge in [-0.1, -0.05) is 20.8 Å². The van der Waals surface area contributed by atoms with Gasteiger partial charge in [0.05, 0.1) is 17.8 Å². The number of isothiocyanates is 1. The van der Waals surface area contributed by atoms with Gasteiger partial charge >= 0.3 is 0 Å². The minimum atomic E-state index is -0.993. The molecule has 0 aromatic heterocycles. The third-order valence-electron chi connectivity index (χ3n) is 1.72. The SMILES string of the molecule is C[SiH](C)OC(CN=C=S)C(C)(C)C. The van der Waals surface area contributed by atoms with Crippen LogP contribution in [0.15, 0.2) is 4.99 Å². The van der Waals surface area contributed by atoms with Crippen molar-refractivity contribution in [3.05, 3.63) is 0 Å². The number of rotatable bonds is 4. The summed E-state index contributed by atoms with van der Waals surface area (Å²) in [4.78, 5) is 3.95. The molecule has 0 heterocycles. The molecule has 2 nitrogen and oxygen atoms in total. The van der Waals surface area contributed by atoms with E-state index in [1.165, 1.54) is 0 Å². The molecule has 0 radical (unpaired) electrons. The Balaban J connectivity index is 4.27. The monoisotopic (exact) mass is 217 g/mol. The maximum Gasteiger partial charge on any atom is 0.171 e. The van der Waals surface area contributed by atoms with Crippen LogP contribution in [0.2, 0.25) is 13.1 Å². The molecule has 76 valence electrons. The fourth-order valence-corrected chi connectivity index (χ4v) is 2.20. The highest BCUT2D eigenvalue weighted by Gasteiger charge is 2.25. The van der Waals surface area contributed by atoms with E-state index < -0.39 is 9.04 Å². The zero-order chi connectivity index (χ0) is 10.5. The predicted molar refractivity (Wildman–Crippen MR) is 63.1 cm³/mol. The van der Waals surface area contributed by atoms with Crippen molar-refractivity contribution in [2.45, 2.75) is 40.0 Å². The normalized spacial score (nSPS) is 14.0. The molecule has 0 aliphatic carbocycles. The standard InChI is InChI=1S/C9H19NOSSi/c1-9(2,3)8(6-10-7-12)11-13(4)5/h8,13H,6H2,1-5H3. The van der Waals surface area contributed by atoms with E-state index in [1.807, 2.05) is 0 Å². The van der Waals surface area contributed by atoms with Gasteiger partial charge in [0.15, 0.2) is 9.04 Å². The van der Waals surface area contributed by atoms with E-state index in [4.69, 9.17) is 4.43 Å². The molecular formula is C9H19NOSSi. The van der Waals surface area contributed by atoms with E-state index in [2.05, 4.69) is 56.2 Å². The zero-order valence-corrected chi connectivity index (χ0v) is 11.1. The first-order valence-corrected chi connectivity index (χ1v) is 7.76. The Labute approximate surface area is 88.1 Å². The summed E-state index contributed by atoms with van der Waals surface area (Å²) >= 11 is 4.55. The number of nitrogens with zero attached hydrogens (tertiary/aromatic N) is 1. The molecule has 0 amide bonds. The molecule has 0 aliphatic rings. The molecule has 4 heteroatoms. The Hall–Kier alpha value is -0.0231. The maximum atomic E-state index is 5.88. The van der Waals surface area contributed by atoms with Crippen LogP contribution in [0.3, 0.4) is 0 Å². The molecule has 0 fully saturated rings. The van der Waals surface area contributed by atoms with Crippen LogP contribution in [0.5, 0.6) is 0 Å². The predicted octanol–water partition coefficient (Wildman–Crippen LogP) is 2.50. The molecule has 0 N–H and O–H groups in total. The van der Waals surface area contributed by atoms with E-state index in [1.54, 1.807) is 0 Å². The van der Waals surface area contributed by atoms with Crippen LogP contribution in [0, 0.1) is 5.41 Å². The average Bonchev–Trinajstić information content (AvgIpc) is 1.95. The largest absolute Gasteiger partial charge is 0.415 e. The lowest BCUT2D eigenvalue weighted by molar-refractivity contribution is 0.0947. The molecule has 13 heavy (non-hydrogen) atoms. The number of aliphatic imine (C=N–C) groups is 1. The maximum absolute atomic E-state index is 5.88. The van der Waals surface area contributed by atoms with Crippen molar-refractivity contribution >= 4 is 26.4 Å². The van der Waals surface area contributed by atoms with Gasteiger partial charge in [-0.3, -0.25) is 0 Å². The van der Waals surface area contributed by atoms with Crippen molar-refractivity contribution in [3.8, 4) is 0 Å². The van der Waals surface area contributed by atoms with Gasteiger partial charge in [0.1, 0.15) is 0 Å². The van der Waals surface area contributed by atoms with E-state index in [-0.39, 0.29) is 11.5 Å². The van der Waals surface area contributed by atoms with Gasteiger partial charge in [0.2, 0.25) is 0 Å². The Morgan fingerprint density at radius 3 is 2.31 bits per heavy atom. The summed E-state index contributed by atoms with van der Waals surface area (Å²) in [5.41, 5.74) is 0.132. The average molecular weight is 217 g/mol. The fraction of sp³-hybridized carbons (Fsp3) is 0.889. The minimum Gasteiger partial charge on any atom is -0.415 e. The van der Waals surface area contributed by atoms with E-state index in [0.29, 0.717) is 6.54 Å². The smallest absolute Gasteiger partial charge is 0.171 e. The number of thiocarbonyl (C=S) groups is 1. The summed E-state index contributed by atoms with van der Waals surface area (Å²) < 4.78 is 5.88. The second-order valence-electron chi connectivity index (χ2n) is 4.47. The highest BCUT2D eigenvalue weighted by molar-refractivity contribution is 7.78. The molecule has 0 aromatic rings. The van der Waals surface area contributed by atoms with E-state index >= 15 is 0 Å². The fourth-order valence-electron chi connectivity index (χ4n) is 0.970. The van der Waals surface area contributed by atoms with Crippen LogP contribution in [-0.2, 0) is 4.43 Å².